The molecule has 169 valence electrons. The second-order valence-electron chi connectivity index (χ2n) is 5.70. The minimum Gasteiger partial charge on any atom is -0.741 e. The summed E-state index contributed by atoms with van der Waals surface area (Å²) >= 11 is 10.3. The van der Waals surface area contributed by atoms with Crippen LogP contribution in [0, 0.1) is 0 Å². The number of oxazole rings is 1. The maximum Gasteiger partial charge on any atom is 2.00 e. The number of hydrogen-bond donors (Lipinski definition) is 2. The SMILES string of the molecule is CCN=C([S-])N/N=C(C)/C(=N/NC([S-])=NCC)c1ncoc1-c1ccc(OC)cc1.[Cu+2]. The minimum atomic E-state index is 0. The van der Waals surface area contributed by atoms with Gasteiger partial charge in [-0.3, -0.25) is 20.8 Å². The third-order valence-electron chi connectivity index (χ3n) is 3.67. The van der Waals surface area contributed by atoms with Crippen LogP contribution in [0.25, 0.3) is 11.3 Å². The van der Waals surface area contributed by atoms with Gasteiger partial charge in [-0.2, -0.15) is 10.2 Å². The molecule has 1 heterocycles. The first-order valence-electron chi connectivity index (χ1n) is 9.15. The third-order valence-corrected chi connectivity index (χ3v) is 4.11. The van der Waals surface area contributed by atoms with E-state index in [9.17, 15) is 0 Å². The number of nitrogens with zero attached hydrogens (tertiary/aromatic N) is 5. The Kier molecular flexibility index (Phi) is 11.7. The first-order valence-corrected chi connectivity index (χ1v) is 9.97. The van der Waals surface area contributed by atoms with E-state index >= 15 is 0 Å². The van der Waals surface area contributed by atoms with Crippen LogP contribution in [0.4, 0.5) is 0 Å². The van der Waals surface area contributed by atoms with Gasteiger partial charge in [0.1, 0.15) is 17.2 Å². The van der Waals surface area contributed by atoms with Gasteiger partial charge in [-0.05, 0) is 55.4 Å². The third kappa shape index (κ3) is 7.91. The number of methoxy groups -OCH3 is 1. The van der Waals surface area contributed by atoms with Crippen molar-refractivity contribution < 1.29 is 26.2 Å². The average Bonchev–Trinajstić information content (AvgIpc) is 3.22. The molecular formula is C19H23CuN7O2S2. The van der Waals surface area contributed by atoms with Crippen LogP contribution in [0.5, 0.6) is 5.75 Å². The van der Waals surface area contributed by atoms with Gasteiger partial charge in [0, 0.05) is 18.7 Å². The Morgan fingerprint density at radius 1 is 1.03 bits per heavy atom. The average molecular weight is 509 g/mol. The van der Waals surface area contributed by atoms with Gasteiger partial charge in [0.25, 0.3) is 0 Å². The molecule has 0 spiro atoms. The Morgan fingerprint density at radius 2 is 1.61 bits per heavy atom. The summed E-state index contributed by atoms with van der Waals surface area (Å²) < 4.78 is 10.8. The predicted molar refractivity (Wildman–Crippen MR) is 125 cm³/mol. The van der Waals surface area contributed by atoms with E-state index in [4.69, 9.17) is 34.4 Å². The molecule has 0 aliphatic rings. The van der Waals surface area contributed by atoms with Crippen molar-refractivity contribution in [2.45, 2.75) is 20.8 Å². The molecule has 0 fully saturated rings. The fourth-order valence-corrected chi connectivity index (χ4v) is 2.66. The van der Waals surface area contributed by atoms with Gasteiger partial charge in [-0.1, -0.05) is 0 Å². The van der Waals surface area contributed by atoms with Gasteiger partial charge >= 0.3 is 17.1 Å². The molecule has 1 radical (unpaired) electrons. The van der Waals surface area contributed by atoms with Crippen molar-refractivity contribution >= 4 is 47.0 Å². The van der Waals surface area contributed by atoms with E-state index in [-0.39, 0.29) is 27.4 Å². The zero-order valence-corrected chi connectivity index (χ0v) is 20.0. The van der Waals surface area contributed by atoms with Gasteiger partial charge in [-0.15, -0.1) is 0 Å². The summed E-state index contributed by atoms with van der Waals surface area (Å²) in [5, 5.41) is 9.16. The fraction of sp³-hybridized carbons (Fsp3) is 0.316. The topological polar surface area (TPSA) is 109 Å². The Hall–Kier alpha value is -2.53. The number of nitrogens with one attached hydrogen (secondary N) is 2. The normalized spacial score (nSPS) is 12.9. The van der Waals surface area contributed by atoms with Crippen LogP contribution in [0.15, 0.2) is 55.3 Å². The van der Waals surface area contributed by atoms with Gasteiger partial charge in [0.15, 0.2) is 12.2 Å². The Morgan fingerprint density at radius 3 is 2.16 bits per heavy atom. The van der Waals surface area contributed by atoms with E-state index in [1.165, 1.54) is 6.39 Å². The molecule has 31 heavy (non-hydrogen) atoms. The smallest absolute Gasteiger partial charge is 0.741 e. The second kappa shape index (κ2) is 13.7. The molecule has 0 saturated heterocycles. The van der Waals surface area contributed by atoms with E-state index in [1.54, 1.807) is 14.0 Å². The maximum atomic E-state index is 5.64. The quantitative estimate of drug-likeness (QED) is 0.185. The molecule has 1 aromatic heterocycles. The monoisotopic (exact) mass is 508 g/mol. The molecular weight excluding hydrogens is 486 g/mol. The van der Waals surface area contributed by atoms with E-state index in [0.29, 0.717) is 36.0 Å². The summed E-state index contributed by atoms with van der Waals surface area (Å²) in [4.78, 5) is 12.5. The van der Waals surface area contributed by atoms with Crippen LogP contribution in [0.3, 0.4) is 0 Å². The van der Waals surface area contributed by atoms with Crippen molar-refractivity contribution in [1.82, 2.24) is 15.8 Å². The molecule has 2 aromatic rings. The second-order valence-corrected chi connectivity index (χ2v) is 6.47. The largest absolute Gasteiger partial charge is 2.00 e. The number of aliphatic imine (C=N–C) groups is 2. The molecule has 0 bridgehead atoms. The summed E-state index contributed by atoms with van der Waals surface area (Å²) in [6.07, 6.45) is 1.34. The molecule has 0 aliphatic heterocycles. The number of rotatable bonds is 8. The standard InChI is InChI=1S/C19H25N7O2S2.Cu/c1-5-20-18(29)25-23-12(3)15(24-26-19(30)21-6-2)16-17(28-11-22-16)13-7-9-14(27-4)10-8-13;/h7-11H,5-6H2,1-4H3,(H2,20,25,29)(H2,21,26,30);/q;+2/p-2/b23-12+,24-15-;. The first kappa shape index (κ1) is 26.5. The Bertz CT molecular complexity index is 956. The van der Waals surface area contributed by atoms with Crippen LogP contribution < -0.4 is 15.6 Å². The molecule has 0 unspecified atom stereocenters. The summed E-state index contributed by atoms with van der Waals surface area (Å²) in [6.45, 7) is 6.62. The fourth-order valence-electron chi connectivity index (χ4n) is 2.31. The zero-order valence-electron chi connectivity index (χ0n) is 17.5. The molecule has 2 rings (SSSR count). The molecule has 0 aliphatic carbocycles. The van der Waals surface area contributed by atoms with Gasteiger partial charge in [0.2, 0.25) is 0 Å². The van der Waals surface area contributed by atoms with Crippen molar-refractivity contribution in [3.05, 3.63) is 36.4 Å². The van der Waals surface area contributed by atoms with E-state index in [1.807, 2.05) is 38.1 Å². The Balaban J connectivity index is 0.00000480. The molecule has 0 amide bonds. The predicted octanol–water partition coefficient (Wildman–Crippen LogP) is 2.45. The Labute approximate surface area is 203 Å². The van der Waals surface area contributed by atoms with Crippen LogP contribution in [-0.4, -0.2) is 46.9 Å². The van der Waals surface area contributed by atoms with Crippen molar-refractivity contribution in [3.8, 4) is 17.1 Å². The van der Waals surface area contributed by atoms with Crippen LogP contribution in [0.2, 0.25) is 0 Å². The summed E-state index contributed by atoms with van der Waals surface area (Å²) in [5.41, 5.74) is 7.67. The van der Waals surface area contributed by atoms with Gasteiger partial charge in [-0.25, -0.2) is 4.98 Å². The molecule has 1 aromatic carbocycles. The zero-order chi connectivity index (χ0) is 21.9. The first-order chi connectivity index (χ1) is 14.5. The number of hydrogen-bond acceptors (Lipinski definition) is 9. The van der Waals surface area contributed by atoms with Crippen LogP contribution in [-0.2, 0) is 42.3 Å². The van der Waals surface area contributed by atoms with Crippen LogP contribution in [0.1, 0.15) is 26.5 Å². The van der Waals surface area contributed by atoms with Crippen molar-refractivity contribution in [2.24, 2.45) is 20.2 Å². The van der Waals surface area contributed by atoms with Crippen molar-refractivity contribution in [1.29, 1.82) is 0 Å². The van der Waals surface area contributed by atoms with E-state index in [0.717, 1.165) is 11.3 Å². The number of ether oxygens (including phenoxy) is 1. The van der Waals surface area contributed by atoms with Gasteiger partial charge < -0.3 is 34.4 Å². The van der Waals surface area contributed by atoms with E-state index < -0.39 is 0 Å². The molecule has 12 heteroatoms. The molecule has 0 saturated carbocycles. The molecule has 0 atom stereocenters. The maximum absolute atomic E-state index is 5.64. The van der Waals surface area contributed by atoms with Crippen molar-refractivity contribution in [3.63, 3.8) is 0 Å². The number of amidine groups is 2. The van der Waals surface area contributed by atoms with Crippen molar-refractivity contribution in [2.75, 3.05) is 20.2 Å². The number of aromatic nitrogens is 1. The number of hydrazone groups is 2. The summed E-state index contributed by atoms with van der Waals surface area (Å²) in [7, 11) is 1.61. The number of benzene rings is 1. The minimum absolute atomic E-state index is 0. The van der Waals surface area contributed by atoms with E-state index in [2.05, 4.69) is 36.0 Å². The summed E-state index contributed by atoms with van der Waals surface area (Å²) in [5.74, 6) is 1.25. The van der Waals surface area contributed by atoms with Gasteiger partial charge in [0.05, 0.1) is 12.8 Å². The summed E-state index contributed by atoms with van der Waals surface area (Å²) in [6, 6.07) is 7.40. The molecule has 9 nitrogen and oxygen atoms in total. The molecule has 2 N–H and O–H groups in total. The van der Waals surface area contributed by atoms with Crippen LogP contribution >= 0.6 is 0 Å².